The largest absolute Gasteiger partial charge is 0.380 e. The molecule has 0 aliphatic carbocycles. The molecule has 0 radical (unpaired) electrons. The van der Waals surface area contributed by atoms with E-state index < -0.39 is 0 Å². The van der Waals surface area contributed by atoms with Crippen molar-refractivity contribution in [1.29, 1.82) is 0 Å². The molecule has 23 heavy (non-hydrogen) atoms. The maximum atomic E-state index is 13.0. The standard InChI is InChI=1S/C17H23FN2O3/c1-22-9-16(21)19-10-17-11-20(7-14(17)8-23-12-17)6-13-2-4-15(18)5-3-13/h2-5,14H,6-12H2,1H3,(H,19,21)/t14-,17+/m0/s1. The number of hydrogen-bond acceptors (Lipinski definition) is 4. The highest BCUT2D eigenvalue weighted by Gasteiger charge is 2.50. The van der Waals surface area contributed by atoms with Crippen LogP contribution in [-0.4, -0.2) is 57.4 Å². The summed E-state index contributed by atoms with van der Waals surface area (Å²) in [6.07, 6.45) is 0. The third-order valence-corrected chi connectivity index (χ3v) is 4.82. The Morgan fingerprint density at radius 3 is 3.00 bits per heavy atom. The smallest absolute Gasteiger partial charge is 0.246 e. The molecule has 1 N–H and O–H groups in total. The van der Waals surface area contributed by atoms with Gasteiger partial charge >= 0.3 is 0 Å². The van der Waals surface area contributed by atoms with Gasteiger partial charge in [0.2, 0.25) is 5.91 Å². The summed E-state index contributed by atoms with van der Waals surface area (Å²) >= 11 is 0. The van der Waals surface area contributed by atoms with E-state index >= 15 is 0 Å². The lowest BCUT2D eigenvalue weighted by Crippen LogP contribution is -2.44. The Labute approximate surface area is 135 Å². The van der Waals surface area contributed by atoms with Crippen LogP contribution in [0.25, 0.3) is 0 Å². The predicted molar refractivity (Wildman–Crippen MR) is 83.3 cm³/mol. The van der Waals surface area contributed by atoms with Crippen molar-refractivity contribution in [3.63, 3.8) is 0 Å². The van der Waals surface area contributed by atoms with Gasteiger partial charge in [-0.05, 0) is 17.7 Å². The van der Waals surface area contributed by atoms with Crippen LogP contribution in [0.1, 0.15) is 5.56 Å². The van der Waals surface area contributed by atoms with E-state index in [0.29, 0.717) is 19.1 Å². The Morgan fingerprint density at radius 2 is 2.26 bits per heavy atom. The van der Waals surface area contributed by atoms with E-state index in [1.807, 2.05) is 12.1 Å². The van der Waals surface area contributed by atoms with Gasteiger partial charge in [-0.1, -0.05) is 12.1 Å². The first kappa shape index (κ1) is 16.4. The molecule has 2 heterocycles. The summed E-state index contributed by atoms with van der Waals surface area (Å²) in [6.45, 7) is 4.72. The van der Waals surface area contributed by atoms with E-state index in [4.69, 9.17) is 9.47 Å². The van der Waals surface area contributed by atoms with Crippen molar-refractivity contribution in [2.45, 2.75) is 6.54 Å². The minimum Gasteiger partial charge on any atom is -0.380 e. The van der Waals surface area contributed by atoms with Gasteiger partial charge in [-0.2, -0.15) is 0 Å². The summed E-state index contributed by atoms with van der Waals surface area (Å²) in [6, 6.07) is 6.64. The molecular formula is C17H23FN2O3. The monoisotopic (exact) mass is 322 g/mol. The highest BCUT2D eigenvalue weighted by Crippen LogP contribution is 2.41. The van der Waals surface area contributed by atoms with Gasteiger partial charge in [-0.3, -0.25) is 9.69 Å². The van der Waals surface area contributed by atoms with Gasteiger partial charge < -0.3 is 14.8 Å². The topological polar surface area (TPSA) is 50.8 Å². The zero-order valence-electron chi connectivity index (χ0n) is 13.4. The summed E-state index contributed by atoms with van der Waals surface area (Å²) < 4.78 is 23.5. The maximum absolute atomic E-state index is 13.0. The van der Waals surface area contributed by atoms with Gasteiger partial charge in [0.1, 0.15) is 12.4 Å². The SMILES string of the molecule is COCC(=O)NC[C@@]12COC[C@@H]1CN(Cc1ccc(F)cc1)C2. The number of benzene rings is 1. The summed E-state index contributed by atoms with van der Waals surface area (Å²) in [5, 5.41) is 2.96. The van der Waals surface area contributed by atoms with Crippen LogP contribution < -0.4 is 5.32 Å². The normalized spacial score (nSPS) is 27.1. The van der Waals surface area contributed by atoms with Gasteiger partial charge in [-0.15, -0.1) is 0 Å². The summed E-state index contributed by atoms with van der Waals surface area (Å²) in [5.41, 5.74) is 1.08. The molecule has 2 saturated heterocycles. The maximum Gasteiger partial charge on any atom is 0.246 e. The molecule has 0 unspecified atom stereocenters. The van der Waals surface area contributed by atoms with Crippen LogP contribution >= 0.6 is 0 Å². The number of nitrogens with one attached hydrogen (secondary N) is 1. The van der Waals surface area contributed by atoms with Crippen LogP contribution in [-0.2, 0) is 20.8 Å². The second kappa shape index (κ2) is 6.95. The molecule has 5 nitrogen and oxygen atoms in total. The number of likely N-dealkylation sites (tertiary alicyclic amines) is 1. The molecule has 1 aromatic carbocycles. The quantitative estimate of drug-likeness (QED) is 0.850. The fourth-order valence-electron chi connectivity index (χ4n) is 3.62. The molecular weight excluding hydrogens is 299 g/mol. The van der Waals surface area contributed by atoms with Crippen LogP contribution in [0, 0.1) is 17.2 Å². The van der Waals surface area contributed by atoms with Crippen LogP contribution in [0.5, 0.6) is 0 Å². The Hall–Kier alpha value is -1.50. The number of carbonyl (C=O) groups is 1. The van der Waals surface area contributed by atoms with E-state index in [9.17, 15) is 9.18 Å². The van der Waals surface area contributed by atoms with Crippen LogP contribution in [0.4, 0.5) is 4.39 Å². The van der Waals surface area contributed by atoms with Crippen LogP contribution in [0.3, 0.4) is 0 Å². The first-order valence-corrected chi connectivity index (χ1v) is 7.91. The predicted octanol–water partition coefficient (Wildman–Crippen LogP) is 1.04. The highest BCUT2D eigenvalue weighted by atomic mass is 19.1. The molecule has 2 aliphatic heterocycles. The first-order chi connectivity index (χ1) is 11.1. The number of fused-ring (bicyclic) bond motifs is 1. The minimum atomic E-state index is -0.210. The van der Waals surface area contributed by atoms with Gasteiger partial charge in [0.05, 0.1) is 13.2 Å². The summed E-state index contributed by atoms with van der Waals surface area (Å²) in [4.78, 5) is 14.0. The summed E-state index contributed by atoms with van der Waals surface area (Å²) in [5.74, 6) is 0.119. The fraction of sp³-hybridized carbons (Fsp3) is 0.588. The van der Waals surface area contributed by atoms with Crippen molar-refractivity contribution < 1.29 is 18.7 Å². The van der Waals surface area contributed by atoms with Crippen molar-refractivity contribution >= 4 is 5.91 Å². The molecule has 0 bridgehead atoms. The Bertz CT molecular complexity index is 551. The van der Waals surface area contributed by atoms with E-state index in [0.717, 1.165) is 31.8 Å². The Kier molecular flexibility index (Phi) is 4.94. The molecule has 1 amide bonds. The molecule has 2 atom stereocenters. The van der Waals surface area contributed by atoms with Crippen LogP contribution in [0.15, 0.2) is 24.3 Å². The second-order valence-corrected chi connectivity index (χ2v) is 6.58. The minimum absolute atomic E-state index is 0.0244. The first-order valence-electron chi connectivity index (χ1n) is 7.91. The molecule has 0 aromatic heterocycles. The Morgan fingerprint density at radius 1 is 1.48 bits per heavy atom. The molecule has 0 saturated carbocycles. The van der Waals surface area contributed by atoms with Gasteiger partial charge in [-0.25, -0.2) is 4.39 Å². The lowest BCUT2D eigenvalue weighted by molar-refractivity contribution is -0.125. The van der Waals surface area contributed by atoms with Crippen LogP contribution in [0.2, 0.25) is 0 Å². The van der Waals surface area contributed by atoms with E-state index in [2.05, 4.69) is 10.2 Å². The van der Waals surface area contributed by atoms with Crippen molar-refractivity contribution in [3.8, 4) is 0 Å². The molecule has 126 valence electrons. The molecule has 0 spiro atoms. The number of methoxy groups -OCH3 is 1. The average Bonchev–Trinajstić information content (AvgIpc) is 3.05. The van der Waals surface area contributed by atoms with Gasteiger partial charge in [0.25, 0.3) is 0 Å². The van der Waals surface area contributed by atoms with Crippen molar-refractivity contribution in [2.24, 2.45) is 11.3 Å². The lowest BCUT2D eigenvalue weighted by atomic mass is 9.81. The summed E-state index contributed by atoms with van der Waals surface area (Å²) in [7, 11) is 1.51. The molecule has 6 heteroatoms. The zero-order valence-corrected chi connectivity index (χ0v) is 13.4. The number of carbonyl (C=O) groups excluding carboxylic acids is 1. The fourth-order valence-corrected chi connectivity index (χ4v) is 3.62. The second-order valence-electron chi connectivity index (χ2n) is 6.58. The third-order valence-electron chi connectivity index (χ3n) is 4.82. The molecule has 3 rings (SSSR count). The lowest BCUT2D eigenvalue weighted by Gasteiger charge is -2.27. The molecule has 1 aromatic rings. The Balaban J connectivity index is 1.60. The number of nitrogens with zero attached hydrogens (tertiary/aromatic N) is 1. The third kappa shape index (κ3) is 3.71. The van der Waals surface area contributed by atoms with Crippen molar-refractivity contribution in [3.05, 3.63) is 35.6 Å². The van der Waals surface area contributed by atoms with E-state index in [-0.39, 0.29) is 23.7 Å². The van der Waals surface area contributed by atoms with Gasteiger partial charge in [0, 0.05) is 44.6 Å². The number of ether oxygens (including phenoxy) is 2. The number of hydrogen-bond donors (Lipinski definition) is 1. The molecule has 2 fully saturated rings. The van der Waals surface area contributed by atoms with Crippen molar-refractivity contribution in [1.82, 2.24) is 10.2 Å². The highest BCUT2D eigenvalue weighted by molar-refractivity contribution is 5.77. The van der Waals surface area contributed by atoms with E-state index in [1.54, 1.807) is 0 Å². The number of rotatable bonds is 6. The molecule has 2 aliphatic rings. The van der Waals surface area contributed by atoms with Gasteiger partial charge in [0.15, 0.2) is 0 Å². The number of halogens is 1. The average molecular weight is 322 g/mol. The number of amides is 1. The van der Waals surface area contributed by atoms with E-state index in [1.165, 1.54) is 19.2 Å². The van der Waals surface area contributed by atoms with Crippen molar-refractivity contribution in [2.75, 3.05) is 46.6 Å². The zero-order chi connectivity index (χ0) is 16.3.